The smallest absolute Gasteiger partial charge is 0.271 e. The summed E-state index contributed by atoms with van der Waals surface area (Å²) in [6.07, 6.45) is 0. The van der Waals surface area contributed by atoms with Crippen molar-refractivity contribution in [3.05, 3.63) is 0 Å². The Kier molecular flexibility index (Phi) is 5.12. The van der Waals surface area contributed by atoms with Gasteiger partial charge < -0.3 is 0 Å². The maximum absolute atomic E-state index is 11.8. The van der Waals surface area contributed by atoms with Crippen molar-refractivity contribution in [3.8, 4) is 0 Å². The molecule has 0 amide bonds. The summed E-state index contributed by atoms with van der Waals surface area (Å²) in [7, 11) is -11.8. The van der Waals surface area contributed by atoms with Crippen LogP contribution in [-0.4, -0.2) is 42.4 Å². The van der Waals surface area contributed by atoms with Crippen molar-refractivity contribution >= 4 is 34.6 Å². The molecule has 15 heteroatoms. The number of alkyl halides is 6. The van der Waals surface area contributed by atoms with Gasteiger partial charge in [0.25, 0.3) is 20.0 Å². The lowest BCUT2D eigenvalue weighted by Gasteiger charge is -2.14. The Morgan fingerprint density at radius 1 is 0.778 bits per heavy atom. The van der Waals surface area contributed by atoms with Crippen LogP contribution < -0.4 is 7.41 Å². The van der Waals surface area contributed by atoms with Crippen molar-refractivity contribution in [2.45, 2.75) is 16.8 Å². The molecular weight excluding hydrogens is 333 g/mol. The van der Waals surface area contributed by atoms with Crippen LogP contribution in [0, 0.1) is 0 Å². The van der Waals surface area contributed by atoms with Crippen LogP contribution in [0.4, 0.5) is 26.3 Å². The Morgan fingerprint density at radius 3 is 1.17 bits per heavy atom. The van der Waals surface area contributed by atoms with Gasteiger partial charge in [0.1, 0.15) is 0 Å². The first-order chi connectivity index (χ1) is 7.60. The number of halogens is 6. The van der Waals surface area contributed by atoms with E-state index in [1.54, 1.807) is 0 Å². The van der Waals surface area contributed by atoms with Crippen LogP contribution in [0.3, 0.4) is 0 Å². The van der Waals surface area contributed by atoms with E-state index in [0.717, 1.165) is 7.41 Å². The second-order valence-corrected chi connectivity index (χ2v) is 9.12. The molecule has 0 aliphatic rings. The molecule has 0 spiro atoms. The molecule has 0 saturated heterocycles. The van der Waals surface area contributed by atoms with Crippen LogP contribution in [0.25, 0.3) is 0 Å². The molecule has 0 heterocycles. The highest BCUT2D eigenvalue weighted by atomic mass is 32.2. The molecule has 18 heavy (non-hydrogen) atoms. The molecule has 0 aromatic rings. The van der Waals surface area contributed by atoms with Crippen molar-refractivity contribution in [2.75, 3.05) is 0 Å². The third kappa shape index (κ3) is 4.55. The fourth-order valence-electron chi connectivity index (χ4n) is 0.623. The van der Waals surface area contributed by atoms with E-state index in [2.05, 4.69) is 0 Å². The van der Waals surface area contributed by atoms with E-state index in [9.17, 15) is 43.2 Å². The highest BCUT2D eigenvalue weighted by Gasteiger charge is 2.51. The number of nitrogens with one attached hydrogen (secondary N) is 2. The third-order valence-electron chi connectivity index (χ3n) is 1.27. The predicted molar refractivity (Wildman–Crippen MR) is 47.8 cm³/mol. The Bertz CT molecular complexity index is 448. The first-order valence-electron chi connectivity index (χ1n) is 3.77. The Hall–Kier alpha value is -0.0675. The second-order valence-electron chi connectivity index (χ2n) is 2.86. The average Bonchev–Trinajstić information content (AvgIpc) is 1.95. The number of sulfonamides is 2. The van der Waals surface area contributed by atoms with Crippen molar-refractivity contribution in [2.24, 2.45) is 0 Å². The summed E-state index contributed by atoms with van der Waals surface area (Å²) in [5.41, 5.74) is -11.5. The van der Waals surface area contributed by atoms with E-state index in [1.165, 1.54) is 0 Å². The summed E-state index contributed by atoms with van der Waals surface area (Å²) >= 11 is -3.77. The molecule has 0 atom stereocenters. The summed E-state index contributed by atoms with van der Waals surface area (Å²) in [4.78, 5) is 0. The van der Waals surface area contributed by atoms with Gasteiger partial charge in [-0.15, -0.1) is 0 Å². The molecule has 0 radical (unpaired) electrons. The summed E-state index contributed by atoms with van der Waals surface area (Å²) in [5, 5.41) is 0. The van der Waals surface area contributed by atoms with Gasteiger partial charge in [-0.05, 0) is 0 Å². The van der Waals surface area contributed by atoms with Crippen LogP contribution >= 0.6 is 0 Å². The van der Waals surface area contributed by atoms with Gasteiger partial charge in [0.05, 0.1) is 0 Å². The topological polar surface area (TPSA) is 92.3 Å². The number of hydrogen-bond donors (Lipinski definition) is 2. The molecule has 0 rings (SSSR count). The Balaban J connectivity index is 4.92. The zero-order valence-corrected chi connectivity index (χ0v) is 11.1. The molecule has 0 aliphatic carbocycles. The van der Waals surface area contributed by atoms with E-state index in [4.69, 9.17) is 0 Å². The Labute approximate surface area is 102 Å². The van der Waals surface area contributed by atoms with Crippen LogP contribution in [0.2, 0.25) is 5.79 Å². The number of hydrogen-bond acceptors (Lipinski definition) is 4. The van der Waals surface area contributed by atoms with Crippen LogP contribution in [0.1, 0.15) is 0 Å². The van der Waals surface area contributed by atoms with Crippen LogP contribution in [-0.2, 0) is 20.0 Å². The Morgan fingerprint density at radius 2 is 1.00 bits per heavy atom. The van der Waals surface area contributed by atoms with Gasteiger partial charge in [-0.2, -0.15) is 26.3 Å². The molecule has 0 aromatic heterocycles. The minimum absolute atomic E-state index is 0.590. The molecule has 108 valence electrons. The fourth-order valence-corrected chi connectivity index (χ4v) is 6.04. The normalized spacial score (nSPS) is 14.6. The maximum Gasteiger partial charge on any atom is 0.509 e. The van der Waals surface area contributed by atoms with Crippen LogP contribution in [0.5, 0.6) is 0 Å². The standard InChI is InChI=1S/2CHF3NO2S.CH3.Al/c2*2-1(3,4)8(5,6)7;;/h2*(H-,5,6,7);1H3;/q2*-1;;+2. The summed E-state index contributed by atoms with van der Waals surface area (Å²) in [5.74, 6) is 0.590. The van der Waals surface area contributed by atoms with E-state index < -0.39 is 45.7 Å². The van der Waals surface area contributed by atoms with Gasteiger partial charge in [-0.1, -0.05) is 5.79 Å². The average molecular weight is 338 g/mol. The molecule has 0 unspecified atom stereocenters. The predicted octanol–water partition coefficient (Wildman–Crippen LogP) is -0.0172. The molecule has 0 aromatic carbocycles. The highest BCUT2D eigenvalue weighted by molar-refractivity contribution is 7.93. The van der Waals surface area contributed by atoms with Crippen LogP contribution in [0.15, 0.2) is 0 Å². The summed E-state index contributed by atoms with van der Waals surface area (Å²) in [6.45, 7) is 0. The zero-order valence-electron chi connectivity index (χ0n) is 8.29. The molecule has 0 fully saturated rings. The van der Waals surface area contributed by atoms with Crippen molar-refractivity contribution in [1.82, 2.24) is 7.41 Å². The molecule has 6 nitrogen and oxygen atoms in total. The fraction of sp³-hybridized carbons (Fsp3) is 1.00. The first-order valence-corrected chi connectivity index (χ1v) is 9.05. The molecule has 0 saturated carbocycles. The lowest BCUT2D eigenvalue weighted by Crippen LogP contribution is -2.55. The maximum atomic E-state index is 11.8. The van der Waals surface area contributed by atoms with Gasteiger partial charge in [0.2, 0.25) is 0 Å². The van der Waals surface area contributed by atoms with Gasteiger partial charge in [0, 0.05) is 0 Å². The summed E-state index contributed by atoms with van der Waals surface area (Å²) < 4.78 is 115. The minimum atomic E-state index is -5.90. The molecule has 0 bridgehead atoms. The van der Waals surface area contributed by atoms with Crippen molar-refractivity contribution < 1.29 is 43.2 Å². The monoisotopic (exact) mass is 338 g/mol. The SMILES string of the molecule is [CH3][Al]([NH]S(=O)(=O)C(F)(F)F)[NH]S(=O)(=O)C(F)(F)F. The lowest BCUT2D eigenvalue weighted by atomic mass is 11.6. The van der Waals surface area contributed by atoms with E-state index in [0.29, 0.717) is 5.79 Å². The molecular formula is C3H5AlF6N2O4S2. The van der Waals surface area contributed by atoms with E-state index >= 15 is 0 Å². The zero-order chi connectivity index (χ0) is 15.0. The van der Waals surface area contributed by atoms with Gasteiger partial charge in [-0.3, -0.25) is 7.41 Å². The minimum Gasteiger partial charge on any atom is -0.271 e. The lowest BCUT2D eigenvalue weighted by molar-refractivity contribution is -0.0443. The van der Waals surface area contributed by atoms with E-state index in [-0.39, 0.29) is 0 Å². The van der Waals surface area contributed by atoms with Gasteiger partial charge in [0.15, 0.2) is 0 Å². The third-order valence-corrected chi connectivity index (χ3v) is 7.80. The second kappa shape index (κ2) is 5.13. The van der Waals surface area contributed by atoms with Crippen molar-refractivity contribution in [3.63, 3.8) is 0 Å². The first kappa shape index (κ1) is 17.9. The molecule has 0 aliphatic heterocycles. The largest absolute Gasteiger partial charge is 0.509 e. The quantitative estimate of drug-likeness (QED) is 0.557. The summed E-state index contributed by atoms with van der Waals surface area (Å²) in [6, 6.07) is 0. The number of rotatable bonds is 4. The molecule has 2 N–H and O–H groups in total. The van der Waals surface area contributed by atoms with Gasteiger partial charge >= 0.3 is 25.6 Å². The van der Waals surface area contributed by atoms with Crippen molar-refractivity contribution in [1.29, 1.82) is 0 Å². The van der Waals surface area contributed by atoms with E-state index in [1.807, 2.05) is 0 Å². The highest BCUT2D eigenvalue weighted by Crippen LogP contribution is 2.23. The van der Waals surface area contributed by atoms with Gasteiger partial charge in [-0.25, -0.2) is 16.8 Å².